The first-order valence-electron chi connectivity index (χ1n) is 9.93. The molecule has 4 nitrogen and oxygen atoms in total. The molecule has 27 heavy (non-hydrogen) atoms. The number of piperidine rings is 1. The summed E-state index contributed by atoms with van der Waals surface area (Å²) >= 11 is 0. The number of nitrogens with zero attached hydrogens (tertiary/aromatic N) is 2. The minimum absolute atomic E-state index is 0.155. The second-order valence-corrected chi connectivity index (χ2v) is 7.58. The topological polar surface area (TPSA) is 40.6 Å². The van der Waals surface area contributed by atoms with Gasteiger partial charge in [-0.05, 0) is 63.5 Å². The number of hydrogen-bond donors (Lipinski definition) is 0. The normalized spacial score (nSPS) is 20.3. The van der Waals surface area contributed by atoms with E-state index in [1.54, 1.807) is 24.3 Å². The lowest BCUT2D eigenvalue weighted by atomic mass is 10.0. The van der Waals surface area contributed by atoms with Crippen molar-refractivity contribution in [1.82, 2.24) is 9.80 Å². The summed E-state index contributed by atoms with van der Waals surface area (Å²) in [5.41, 5.74) is 3.16. The Bertz CT molecular complexity index is 820. The molecule has 0 amide bonds. The third-order valence-corrected chi connectivity index (χ3v) is 5.73. The van der Waals surface area contributed by atoms with Crippen molar-refractivity contribution >= 4 is 11.6 Å². The monoisotopic (exact) mass is 362 g/mol. The van der Waals surface area contributed by atoms with Crippen molar-refractivity contribution in [2.45, 2.75) is 32.6 Å². The van der Waals surface area contributed by atoms with Crippen molar-refractivity contribution in [3.63, 3.8) is 0 Å². The molecule has 4 heteroatoms. The van der Waals surface area contributed by atoms with E-state index in [1.807, 2.05) is 25.3 Å². The molecule has 3 aliphatic rings. The van der Waals surface area contributed by atoms with Gasteiger partial charge in [-0.15, -0.1) is 0 Å². The van der Waals surface area contributed by atoms with Gasteiger partial charge in [0.15, 0.2) is 11.6 Å². The summed E-state index contributed by atoms with van der Waals surface area (Å²) < 4.78 is 0. The highest BCUT2D eigenvalue weighted by molar-refractivity contribution is 6.40. The van der Waals surface area contributed by atoms with Crippen LogP contribution in [0.25, 0.3) is 0 Å². The van der Waals surface area contributed by atoms with Crippen LogP contribution in [0.4, 0.5) is 0 Å². The molecule has 1 aliphatic carbocycles. The summed E-state index contributed by atoms with van der Waals surface area (Å²) in [5.74, 6) is -0.310. The minimum Gasteiger partial charge on any atom is -0.352 e. The highest BCUT2D eigenvalue weighted by Gasteiger charge is 2.34. The number of rotatable bonds is 4. The van der Waals surface area contributed by atoms with Gasteiger partial charge >= 0.3 is 0 Å². The Morgan fingerprint density at radius 2 is 1.59 bits per heavy atom. The van der Waals surface area contributed by atoms with Gasteiger partial charge in [0.2, 0.25) is 0 Å². The number of hydrogen-bond acceptors (Lipinski definition) is 4. The fraction of sp³-hybridized carbons (Fsp3) is 0.391. The fourth-order valence-corrected chi connectivity index (χ4v) is 4.21. The van der Waals surface area contributed by atoms with E-state index in [0.29, 0.717) is 16.7 Å². The SMILES string of the molecule is CC1=CC(=C2C(=O)c3ccccc3C2=O)C=CN1CCCN1CCCCC1. The van der Waals surface area contributed by atoms with E-state index in [9.17, 15) is 9.59 Å². The largest absolute Gasteiger partial charge is 0.352 e. The molecule has 2 aliphatic heterocycles. The molecular formula is C23H26N2O2. The van der Waals surface area contributed by atoms with Crippen LogP contribution in [0.15, 0.2) is 59.5 Å². The van der Waals surface area contributed by atoms with Crippen LogP contribution in [0, 0.1) is 0 Å². The average Bonchev–Trinajstić information content (AvgIpc) is 2.95. The lowest BCUT2D eigenvalue weighted by molar-refractivity contribution is 0.0988. The lowest BCUT2D eigenvalue weighted by Crippen LogP contribution is -2.32. The number of allylic oxidation sites excluding steroid dienone is 5. The molecule has 2 heterocycles. The second kappa shape index (κ2) is 7.65. The van der Waals surface area contributed by atoms with Crippen molar-refractivity contribution in [2.24, 2.45) is 0 Å². The van der Waals surface area contributed by atoms with Gasteiger partial charge in [0.1, 0.15) is 0 Å². The molecule has 0 radical (unpaired) electrons. The van der Waals surface area contributed by atoms with E-state index < -0.39 is 0 Å². The number of carbonyl (C=O) groups is 2. The van der Waals surface area contributed by atoms with E-state index >= 15 is 0 Å². The molecule has 1 saturated heterocycles. The zero-order valence-electron chi connectivity index (χ0n) is 15.9. The Hall–Kier alpha value is -2.46. The standard InChI is InChI=1S/C23H26N2O2/c1-17-16-18(21-22(26)19-8-3-4-9-20(19)23(21)27)10-15-25(17)14-7-13-24-11-5-2-6-12-24/h3-4,8-10,15-16H,2,5-7,11-14H2,1H3. The molecule has 1 aromatic carbocycles. The van der Waals surface area contributed by atoms with E-state index in [1.165, 1.54) is 32.4 Å². The lowest BCUT2D eigenvalue weighted by Gasteiger charge is -2.29. The van der Waals surface area contributed by atoms with E-state index in [4.69, 9.17) is 0 Å². The first-order chi connectivity index (χ1) is 13.1. The van der Waals surface area contributed by atoms with Crippen LogP contribution in [-0.2, 0) is 0 Å². The molecule has 0 unspecified atom stereocenters. The van der Waals surface area contributed by atoms with Gasteiger partial charge < -0.3 is 9.80 Å². The van der Waals surface area contributed by atoms with Crippen molar-refractivity contribution in [1.29, 1.82) is 0 Å². The quantitative estimate of drug-likeness (QED) is 0.600. The van der Waals surface area contributed by atoms with Crippen LogP contribution in [0.5, 0.6) is 0 Å². The van der Waals surface area contributed by atoms with E-state index in [2.05, 4.69) is 9.80 Å². The average molecular weight is 362 g/mol. The van der Waals surface area contributed by atoms with Gasteiger partial charge in [-0.2, -0.15) is 0 Å². The number of fused-ring (bicyclic) bond motifs is 1. The Morgan fingerprint density at radius 3 is 2.22 bits per heavy atom. The molecule has 0 spiro atoms. The molecule has 140 valence electrons. The number of benzene rings is 1. The van der Waals surface area contributed by atoms with Gasteiger partial charge in [0.25, 0.3) is 0 Å². The summed E-state index contributed by atoms with van der Waals surface area (Å²) in [5, 5.41) is 0. The summed E-state index contributed by atoms with van der Waals surface area (Å²) in [6, 6.07) is 7.08. The molecule has 0 aromatic heterocycles. The predicted octanol–water partition coefficient (Wildman–Crippen LogP) is 3.97. The zero-order valence-corrected chi connectivity index (χ0v) is 15.9. The molecule has 1 fully saturated rings. The van der Waals surface area contributed by atoms with Crippen LogP contribution >= 0.6 is 0 Å². The molecule has 1 aromatic rings. The Balaban J connectivity index is 1.44. The third kappa shape index (κ3) is 3.54. The number of Topliss-reactive ketones (excluding diaryl/α,β-unsaturated/α-hetero) is 2. The van der Waals surface area contributed by atoms with Crippen molar-refractivity contribution < 1.29 is 9.59 Å². The summed E-state index contributed by atoms with van der Waals surface area (Å²) in [6.07, 6.45) is 11.0. The van der Waals surface area contributed by atoms with E-state index in [-0.39, 0.29) is 11.6 Å². The zero-order chi connectivity index (χ0) is 18.8. The number of carbonyl (C=O) groups excluding carboxylic acids is 2. The predicted molar refractivity (Wildman–Crippen MR) is 107 cm³/mol. The van der Waals surface area contributed by atoms with Crippen molar-refractivity contribution in [3.05, 3.63) is 70.6 Å². The molecule has 0 saturated carbocycles. The smallest absolute Gasteiger partial charge is 0.198 e. The Labute approximate surface area is 160 Å². The van der Waals surface area contributed by atoms with Crippen LogP contribution in [0.3, 0.4) is 0 Å². The molecule has 0 atom stereocenters. The van der Waals surface area contributed by atoms with Crippen LogP contribution in [0.2, 0.25) is 0 Å². The molecular weight excluding hydrogens is 336 g/mol. The Morgan fingerprint density at radius 1 is 0.926 bits per heavy atom. The maximum absolute atomic E-state index is 12.7. The molecule has 4 rings (SSSR count). The highest BCUT2D eigenvalue weighted by atomic mass is 16.2. The Kier molecular flexibility index (Phi) is 5.08. The van der Waals surface area contributed by atoms with Crippen molar-refractivity contribution in [3.8, 4) is 0 Å². The first-order valence-corrected chi connectivity index (χ1v) is 9.93. The molecule has 0 bridgehead atoms. The summed E-state index contributed by atoms with van der Waals surface area (Å²) in [4.78, 5) is 30.1. The van der Waals surface area contributed by atoms with Gasteiger partial charge in [-0.25, -0.2) is 0 Å². The minimum atomic E-state index is -0.155. The van der Waals surface area contributed by atoms with Crippen LogP contribution in [0.1, 0.15) is 53.3 Å². The van der Waals surface area contributed by atoms with Gasteiger partial charge in [-0.1, -0.05) is 30.7 Å². The van der Waals surface area contributed by atoms with Crippen LogP contribution in [-0.4, -0.2) is 47.5 Å². The second-order valence-electron chi connectivity index (χ2n) is 7.58. The number of likely N-dealkylation sites (tertiary alicyclic amines) is 1. The third-order valence-electron chi connectivity index (χ3n) is 5.73. The number of ketones is 2. The fourth-order valence-electron chi connectivity index (χ4n) is 4.21. The van der Waals surface area contributed by atoms with Gasteiger partial charge in [0, 0.05) is 29.6 Å². The maximum Gasteiger partial charge on any atom is 0.198 e. The van der Waals surface area contributed by atoms with Crippen molar-refractivity contribution in [2.75, 3.05) is 26.2 Å². The van der Waals surface area contributed by atoms with E-state index in [0.717, 1.165) is 30.8 Å². The summed E-state index contributed by atoms with van der Waals surface area (Å²) in [7, 11) is 0. The van der Waals surface area contributed by atoms with Crippen LogP contribution < -0.4 is 0 Å². The molecule has 0 N–H and O–H groups in total. The first kappa shape index (κ1) is 17.9. The van der Waals surface area contributed by atoms with Gasteiger partial charge in [0.05, 0.1) is 5.57 Å². The highest BCUT2D eigenvalue weighted by Crippen LogP contribution is 2.31. The van der Waals surface area contributed by atoms with Gasteiger partial charge in [-0.3, -0.25) is 9.59 Å². The maximum atomic E-state index is 12.7. The summed E-state index contributed by atoms with van der Waals surface area (Å²) in [6.45, 7) is 6.59.